The molecule has 19 heavy (non-hydrogen) atoms. The van der Waals surface area contributed by atoms with Crippen LogP contribution in [0.15, 0.2) is 77.9 Å². The van der Waals surface area contributed by atoms with Crippen LogP contribution in [0.3, 0.4) is 0 Å². The van der Waals surface area contributed by atoms with Gasteiger partial charge in [0.1, 0.15) is 5.76 Å². The Labute approximate surface area is 112 Å². The maximum absolute atomic E-state index is 5.76. The zero-order valence-electron chi connectivity index (χ0n) is 10.5. The highest BCUT2D eigenvalue weighted by Gasteiger charge is 2.14. The molecule has 0 unspecified atom stereocenters. The monoisotopic (exact) mass is 246 g/mol. The Morgan fingerprint density at radius 1 is 0.789 bits per heavy atom. The Kier molecular flexibility index (Phi) is 3.03. The van der Waals surface area contributed by atoms with Crippen LogP contribution in [0.4, 0.5) is 0 Å². The molecule has 2 aromatic carbocycles. The molecule has 0 aliphatic carbocycles. The molecule has 3 aromatic rings. The van der Waals surface area contributed by atoms with E-state index in [1.165, 1.54) is 0 Å². The molecule has 1 aromatic heterocycles. The van der Waals surface area contributed by atoms with E-state index in [4.69, 9.17) is 4.42 Å². The predicted molar refractivity (Wildman–Crippen MR) is 79.7 cm³/mol. The van der Waals surface area contributed by atoms with Crippen molar-refractivity contribution in [3.8, 4) is 22.5 Å². The fourth-order valence-electron chi connectivity index (χ4n) is 2.23. The lowest BCUT2D eigenvalue weighted by Gasteiger charge is -2.04. The van der Waals surface area contributed by atoms with Gasteiger partial charge in [-0.3, -0.25) is 0 Å². The Morgan fingerprint density at radius 3 is 1.95 bits per heavy atom. The fourth-order valence-corrected chi connectivity index (χ4v) is 2.23. The van der Waals surface area contributed by atoms with E-state index in [-0.39, 0.29) is 0 Å². The molecule has 1 heteroatoms. The van der Waals surface area contributed by atoms with Gasteiger partial charge in [0.2, 0.25) is 0 Å². The van der Waals surface area contributed by atoms with E-state index in [1.807, 2.05) is 42.5 Å². The van der Waals surface area contributed by atoms with Crippen molar-refractivity contribution in [3.63, 3.8) is 0 Å². The molecule has 0 aliphatic rings. The van der Waals surface area contributed by atoms with Crippen molar-refractivity contribution >= 4 is 6.08 Å². The van der Waals surface area contributed by atoms with Crippen LogP contribution in [0.5, 0.6) is 0 Å². The van der Waals surface area contributed by atoms with Crippen molar-refractivity contribution in [2.24, 2.45) is 0 Å². The van der Waals surface area contributed by atoms with Crippen molar-refractivity contribution < 1.29 is 4.42 Å². The van der Waals surface area contributed by atoms with Crippen molar-refractivity contribution in [1.82, 2.24) is 0 Å². The van der Waals surface area contributed by atoms with Gasteiger partial charge in [0.15, 0.2) is 0 Å². The largest absolute Gasteiger partial charge is 0.463 e. The molecule has 0 N–H and O–H groups in total. The van der Waals surface area contributed by atoms with Gasteiger partial charge in [0.25, 0.3) is 0 Å². The van der Waals surface area contributed by atoms with E-state index < -0.39 is 0 Å². The lowest BCUT2D eigenvalue weighted by Crippen LogP contribution is -1.82. The summed E-state index contributed by atoms with van der Waals surface area (Å²) in [4.78, 5) is 0. The molecular weight excluding hydrogens is 232 g/mol. The minimum absolute atomic E-state index is 0.890. The minimum Gasteiger partial charge on any atom is -0.463 e. The second kappa shape index (κ2) is 4.99. The zero-order chi connectivity index (χ0) is 13.1. The topological polar surface area (TPSA) is 13.1 Å². The highest BCUT2D eigenvalue weighted by Crippen LogP contribution is 2.36. The number of benzene rings is 2. The maximum Gasteiger partial charge on any atom is 0.142 e. The van der Waals surface area contributed by atoms with Crippen molar-refractivity contribution in [2.75, 3.05) is 0 Å². The number of rotatable bonds is 3. The molecular formula is C18H14O. The SMILES string of the molecule is C=Cc1coc(-c2ccccc2)c1-c1ccccc1. The summed E-state index contributed by atoms with van der Waals surface area (Å²) in [6, 6.07) is 20.4. The van der Waals surface area contributed by atoms with Crippen LogP contribution in [-0.2, 0) is 0 Å². The van der Waals surface area contributed by atoms with Gasteiger partial charge in [0.05, 0.1) is 6.26 Å². The molecule has 0 bridgehead atoms. The van der Waals surface area contributed by atoms with Crippen LogP contribution in [0.2, 0.25) is 0 Å². The summed E-state index contributed by atoms with van der Waals surface area (Å²) in [6.45, 7) is 3.86. The van der Waals surface area contributed by atoms with Crippen molar-refractivity contribution in [3.05, 3.63) is 79.1 Å². The molecule has 0 saturated heterocycles. The van der Waals surface area contributed by atoms with Crippen molar-refractivity contribution in [2.45, 2.75) is 0 Å². The first-order valence-electron chi connectivity index (χ1n) is 6.25. The molecule has 92 valence electrons. The Balaban J connectivity index is 2.23. The molecule has 3 rings (SSSR count). The average Bonchev–Trinajstić information content (AvgIpc) is 2.93. The zero-order valence-corrected chi connectivity index (χ0v) is 10.5. The molecule has 0 spiro atoms. The van der Waals surface area contributed by atoms with Crippen LogP contribution in [0, 0.1) is 0 Å². The third kappa shape index (κ3) is 2.11. The van der Waals surface area contributed by atoms with Crippen LogP contribution < -0.4 is 0 Å². The van der Waals surface area contributed by atoms with Gasteiger partial charge >= 0.3 is 0 Å². The second-order valence-corrected chi connectivity index (χ2v) is 4.33. The molecule has 1 nitrogen and oxygen atoms in total. The number of furan rings is 1. The molecule has 0 aliphatic heterocycles. The van der Waals surface area contributed by atoms with Gasteiger partial charge in [0, 0.05) is 16.7 Å². The molecule has 0 fully saturated rings. The summed E-state index contributed by atoms with van der Waals surface area (Å²) in [5.74, 6) is 0.890. The van der Waals surface area contributed by atoms with E-state index in [9.17, 15) is 0 Å². The highest BCUT2D eigenvalue weighted by molar-refractivity contribution is 5.86. The highest BCUT2D eigenvalue weighted by atomic mass is 16.3. The first-order valence-corrected chi connectivity index (χ1v) is 6.25. The molecule has 1 heterocycles. The molecule has 0 atom stereocenters. The van der Waals surface area contributed by atoms with E-state index in [2.05, 4.69) is 30.8 Å². The van der Waals surface area contributed by atoms with E-state index in [0.29, 0.717) is 0 Å². The van der Waals surface area contributed by atoms with Crippen LogP contribution in [0.1, 0.15) is 5.56 Å². The smallest absolute Gasteiger partial charge is 0.142 e. The summed E-state index contributed by atoms with van der Waals surface area (Å²) >= 11 is 0. The lowest BCUT2D eigenvalue weighted by molar-refractivity contribution is 0.582. The summed E-state index contributed by atoms with van der Waals surface area (Å²) in [6.07, 6.45) is 3.59. The minimum atomic E-state index is 0.890. The summed E-state index contributed by atoms with van der Waals surface area (Å²) in [5, 5.41) is 0. The van der Waals surface area contributed by atoms with Gasteiger partial charge in [-0.25, -0.2) is 0 Å². The summed E-state index contributed by atoms with van der Waals surface area (Å²) in [7, 11) is 0. The molecule has 0 amide bonds. The van der Waals surface area contributed by atoms with Gasteiger partial charge in [-0.2, -0.15) is 0 Å². The summed E-state index contributed by atoms with van der Waals surface area (Å²) < 4.78 is 5.76. The van der Waals surface area contributed by atoms with Gasteiger partial charge in [-0.05, 0) is 5.56 Å². The third-order valence-electron chi connectivity index (χ3n) is 3.14. The van der Waals surface area contributed by atoms with Gasteiger partial charge < -0.3 is 4.42 Å². The average molecular weight is 246 g/mol. The van der Waals surface area contributed by atoms with Crippen LogP contribution in [-0.4, -0.2) is 0 Å². The van der Waals surface area contributed by atoms with Crippen LogP contribution >= 0.6 is 0 Å². The van der Waals surface area contributed by atoms with Crippen LogP contribution in [0.25, 0.3) is 28.5 Å². The molecule has 0 saturated carbocycles. The number of hydrogen-bond donors (Lipinski definition) is 0. The van der Waals surface area contributed by atoms with Crippen molar-refractivity contribution in [1.29, 1.82) is 0 Å². The summed E-state index contributed by atoms with van der Waals surface area (Å²) in [5.41, 5.74) is 4.34. The third-order valence-corrected chi connectivity index (χ3v) is 3.14. The van der Waals surface area contributed by atoms with Gasteiger partial charge in [-0.1, -0.05) is 73.3 Å². The normalized spacial score (nSPS) is 10.3. The first-order chi connectivity index (χ1) is 9.40. The van der Waals surface area contributed by atoms with E-state index in [1.54, 1.807) is 6.26 Å². The lowest BCUT2D eigenvalue weighted by atomic mass is 9.98. The van der Waals surface area contributed by atoms with E-state index >= 15 is 0 Å². The van der Waals surface area contributed by atoms with Gasteiger partial charge in [-0.15, -0.1) is 0 Å². The standard InChI is InChI=1S/C18H14O/c1-2-14-13-19-18(16-11-7-4-8-12-16)17(14)15-9-5-3-6-10-15/h2-13H,1H2. The Bertz CT molecular complexity index is 678. The predicted octanol–water partition coefficient (Wildman–Crippen LogP) is 5.26. The second-order valence-electron chi connectivity index (χ2n) is 4.33. The number of hydrogen-bond acceptors (Lipinski definition) is 1. The molecule has 0 radical (unpaired) electrons. The fraction of sp³-hybridized carbons (Fsp3) is 0. The maximum atomic E-state index is 5.76. The first kappa shape index (κ1) is 11.5. The Morgan fingerprint density at radius 2 is 1.37 bits per heavy atom. The Hall–Kier alpha value is -2.54. The van der Waals surface area contributed by atoms with E-state index in [0.717, 1.165) is 28.0 Å². The quantitative estimate of drug-likeness (QED) is 0.614.